The van der Waals surface area contributed by atoms with Crippen LogP contribution in [-0.4, -0.2) is 23.7 Å². The first kappa shape index (κ1) is 16.7. The van der Waals surface area contributed by atoms with Gasteiger partial charge in [0.2, 0.25) is 0 Å². The molecule has 0 bridgehead atoms. The number of esters is 1. The fourth-order valence-electron chi connectivity index (χ4n) is 1.54. The first-order valence-corrected chi connectivity index (χ1v) is 6.06. The van der Waals surface area contributed by atoms with Crippen LogP contribution in [0.4, 0.5) is 0 Å². The molecule has 18 heavy (non-hydrogen) atoms. The number of carboxylic acid groups (broad SMARTS) is 1. The molecule has 4 nitrogen and oxygen atoms in total. The second-order valence-electron chi connectivity index (χ2n) is 5.95. The number of rotatable bonds is 5. The third-order valence-electron chi connectivity index (χ3n) is 3.11. The lowest BCUT2D eigenvalue weighted by molar-refractivity contribution is -0.158. The van der Waals surface area contributed by atoms with E-state index in [4.69, 9.17) is 9.84 Å². The van der Waals surface area contributed by atoms with E-state index < -0.39 is 11.4 Å². The summed E-state index contributed by atoms with van der Waals surface area (Å²) in [6.07, 6.45) is 1.72. The summed E-state index contributed by atoms with van der Waals surface area (Å²) in [7, 11) is 0. The fraction of sp³-hybridized carbons (Fsp3) is 0.714. The van der Waals surface area contributed by atoms with Gasteiger partial charge in [-0.1, -0.05) is 32.4 Å². The zero-order valence-electron chi connectivity index (χ0n) is 12.2. The molecule has 0 aromatic heterocycles. The summed E-state index contributed by atoms with van der Waals surface area (Å²) >= 11 is 0. The van der Waals surface area contributed by atoms with Crippen molar-refractivity contribution in [3.8, 4) is 0 Å². The van der Waals surface area contributed by atoms with Gasteiger partial charge in [-0.25, -0.2) is 0 Å². The van der Waals surface area contributed by atoms with E-state index in [-0.39, 0.29) is 24.4 Å². The zero-order chi connectivity index (χ0) is 14.6. The Labute approximate surface area is 109 Å². The molecule has 0 saturated carbocycles. The smallest absolute Gasteiger partial charge is 0.316 e. The van der Waals surface area contributed by atoms with Gasteiger partial charge in [-0.05, 0) is 26.2 Å². The summed E-state index contributed by atoms with van der Waals surface area (Å²) in [5.74, 6) is -1.35. The number of carboxylic acids is 1. The van der Waals surface area contributed by atoms with Crippen LogP contribution in [-0.2, 0) is 14.3 Å². The number of carbonyl (C=O) groups excluding carboxylic acids is 1. The molecule has 1 atom stereocenters. The fourth-order valence-corrected chi connectivity index (χ4v) is 1.54. The van der Waals surface area contributed by atoms with Crippen LogP contribution in [0.1, 0.15) is 48.0 Å². The molecule has 1 N–H and O–H groups in total. The first-order chi connectivity index (χ1) is 8.00. The van der Waals surface area contributed by atoms with Crippen LogP contribution in [0.3, 0.4) is 0 Å². The minimum atomic E-state index is -0.970. The molecule has 0 saturated heterocycles. The van der Waals surface area contributed by atoms with Crippen LogP contribution in [0.25, 0.3) is 0 Å². The third kappa shape index (κ3) is 4.51. The maximum atomic E-state index is 12.2. The second-order valence-corrected chi connectivity index (χ2v) is 5.95. The Hall–Kier alpha value is -1.32. The topological polar surface area (TPSA) is 63.6 Å². The van der Waals surface area contributed by atoms with E-state index in [1.807, 2.05) is 47.6 Å². The SMILES string of the molecule is CC(C)=CC(C)(C(=O)OCCC(=O)O)C(C)(C)C. The Morgan fingerprint density at radius 3 is 2.00 bits per heavy atom. The second kappa shape index (κ2) is 6.03. The quantitative estimate of drug-likeness (QED) is 0.606. The third-order valence-corrected chi connectivity index (χ3v) is 3.11. The number of hydrogen-bond donors (Lipinski definition) is 1. The molecule has 0 rings (SSSR count). The average Bonchev–Trinajstić information content (AvgIpc) is 2.13. The molecule has 0 spiro atoms. The van der Waals surface area contributed by atoms with E-state index in [1.165, 1.54) is 0 Å². The molecule has 0 aliphatic heterocycles. The highest BCUT2D eigenvalue weighted by molar-refractivity contribution is 5.80. The molecule has 0 radical (unpaired) electrons. The van der Waals surface area contributed by atoms with E-state index in [9.17, 15) is 9.59 Å². The van der Waals surface area contributed by atoms with Crippen molar-refractivity contribution in [2.45, 2.75) is 48.0 Å². The van der Waals surface area contributed by atoms with E-state index in [2.05, 4.69) is 0 Å². The van der Waals surface area contributed by atoms with Crippen molar-refractivity contribution in [3.63, 3.8) is 0 Å². The van der Waals surface area contributed by atoms with Gasteiger partial charge in [0, 0.05) is 0 Å². The summed E-state index contributed by atoms with van der Waals surface area (Å²) in [5.41, 5.74) is -0.0304. The number of aliphatic carboxylic acids is 1. The van der Waals surface area contributed by atoms with E-state index in [0.29, 0.717) is 0 Å². The number of carbonyl (C=O) groups is 2. The Bertz CT molecular complexity index is 345. The van der Waals surface area contributed by atoms with Gasteiger partial charge in [0.15, 0.2) is 0 Å². The van der Waals surface area contributed by atoms with Crippen molar-refractivity contribution in [2.75, 3.05) is 6.61 Å². The summed E-state index contributed by atoms with van der Waals surface area (Å²) in [5, 5.41) is 8.53. The molecular formula is C14H24O4. The van der Waals surface area contributed by atoms with Gasteiger partial charge in [-0.15, -0.1) is 0 Å². The van der Waals surface area contributed by atoms with E-state index in [0.717, 1.165) is 5.57 Å². The predicted molar refractivity (Wildman–Crippen MR) is 70.2 cm³/mol. The molecule has 0 aliphatic rings. The van der Waals surface area contributed by atoms with Gasteiger partial charge in [0.05, 0.1) is 11.8 Å². The first-order valence-electron chi connectivity index (χ1n) is 6.06. The monoisotopic (exact) mass is 256 g/mol. The highest BCUT2D eigenvalue weighted by Gasteiger charge is 2.43. The van der Waals surface area contributed by atoms with E-state index in [1.54, 1.807) is 0 Å². The number of hydrogen-bond acceptors (Lipinski definition) is 3. The predicted octanol–water partition coefficient (Wildman–Crippen LogP) is 3.02. The molecule has 0 amide bonds. The Kier molecular flexibility index (Phi) is 5.58. The molecule has 0 fully saturated rings. The molecule has 4 heteroatoms. The molecule has 1 unspecified atom stereocenters. The normalized spacial score (nSPS) is 14.6. The van der Waals surface area contributed by atoms with Crippen LogP contribution in [0, 0.1) is 10.8 Å². The molecule has 0 heterocycles. The van der Waals surface area contributed by atoms with E-state index >= 15 is 0 Å². The van der Waals surface area contributed by atoms with Crippen molar-refractivity contribution in [1.29, 1.82) is 0 Å². The van der Waals surface area contributed by atoms with Gasteiger partial charge in [0.1, 0.15) is 6.61 Å². The van der Waals surface area contributed by atoms with Crippen molar-refractivity contribution in [3.05, 3.63) is 11.6 Å². The Morgan fingerprint density at radius 2 is 1.67 bits per heavy atom. The van der Waals surface area contributed by atoms with Gasteiger partial charge in [-0.2, -0.15) is 0 Å². The molecule has 104 valence electrons. The highest BCUT2D eigenvalue weighted by Crippen LogP contribution is 2.41. The summed E-state index contributed by atoms with van der Waals surface area (Å²) in [6.45, 7) is 11.5. The van der Waals surface area contributed by atoms with Gasteiger partial charge in [0.25, 0.3) is 0 Å². The van der Waals surface area contributed by atoms with Crippen LogP contribution in [0.2, 0.25) is 0 Å². The summed E-state index contributed by atoms with van der Waals surface area (Å²) < 4.78 is 5.08. The lowest BCUT2D eigenvalue weighted by atomic mass is 9.67. The van der Waals surface area contributed by atoms with Crippen molar-refractivity contribution < 1.29 is 19.4 Å². The minimum Gasteiger partial charge on any atom is -0.481 e. The number of ether oxygens (including phenoxy) is 1. The van der Waals surface area contributed by atoms with Crippen LogP contribution >= 0.6 is 0 Å². The van der Waals surface area contributed by atoms with Gasteiger partial charge >= 0.3 is 11.9 Å². The van der Waals surface area contributed by atoms with Crippen LogP contribution in [0.15, 0.2) is 11.6 Å². The minimum absolute atomic E-state index is 0.0869. The molecule has 0 aromatic carbocycles. The standard InChI is InChI=1S/C14H24O4/c1-10(2)9-14(6,13(3,4)5)12(17)18-8-7-11(15)16/h9H,7-8H2,1-6H3,(H,15,16). The lowest BCUT2D eigenvalue weighted by Crippen LogP contribution is -2.40. The summed E-state index contributed by atoms with van der Waals surface area (Å²) in [6, 6.07) is 0. The van der Waals surface area contributed by atoms with Crippen molar-refractivity contribution >= 4 is 11.9 Å². The highest BCUT2D eigenvalue weighted by atomic mass is 16.5. The van der Waals surface area contributed by atoms with Gasteiger partial charge in [-0.3, -0.25) is 9.59 Å². The Balaban J connectivity index is 4.95. The van der Waals surface area contributed by atoms with Gasteiger partial charge < -0.3 is 9.84 Å². The molecular weight excluding hydrogens is 232 g/mol. The molecule has 0 aromatic rings. The van der Waals surface area contributed by atoms with Crippen LogP contribution in [0.5, 0.6) is 0 Å². The Morgan fingerprint density at radius 1 is 1.17 bits per heavy atom. The lowest BCUT2D eigenvalue weighted by Gasteiger charge is -2.37. The van der Waals surface area contributed by atoms with Crippen LogP contribution < -0.4 is 0 Å². The average molecular weight is 256 g/mol. The molecule has 0 aliphatic carbocycles. The maximum Gasteiger partial charge on any atom is 0.316 e. The number of allylic oxidation sites excluding steroid dienone is 1. The summed E-state index contributed by atoms with van der Waals surface area (Å²) in [4.78, 5) is 22.6. The largest absolute Gasteiger partial charge is 0.481 e. The van der Waals surface area contributed by atoms with Crippen molar-refractivity contribution in [2.24, 2.45) is 10.8 Å². The van der Waals surface area contributed by atoms with Crippen molar-refractivity contribution in [1.82, 2.24) is 0 Å². The zero-order valence-corrected chi connectivity index (χ0v) is 12.2. The maximum absolute atomic E-state index is 12.2.